The third-order valence-corrected chi connectivity index (χ3v) is 2.45. The van der Waals surface area contributed by atoms with Gasteiger partial charge < -0.3 is 4.74 Å². The summed E-state index contributed by atoms with van der Waals surface area (Å²) in [5.41, 5.74) is 0.247. The molecular formula is C16H24N2O2. The normalized spacial score (nSPS) is 13.7. The molecular weight excluding hydrogens is 252 g/mol. The first-order chi connectivity index (χ1) is 9.28. The molecule has 0 saturated heterocycles. The van der Waals surface area contributed by atoms with Crippen molar-refractivity contribution >= 4 is 12.2 Å². The summed E-state index contributed by atoms with van der Waals surface area (Å²) in [5.74, 6) is 0.0896. The number of aromatic nitrogens is 1. The van der Waals surface area contributed by atoms with Gasteiger partial charge in [-0.25, -0.2) is 4.79 Å². The molecule has 0 aliphatic carbocycles. The molecule has 0 aromatic carbocycles. The number of nitrogens with zero attached hydrogens (tertiary/aromatic N) is 2. The molecule has 4 nitrogen and oxygen atoms in total. The van der Waals surface area contributed by atoms with Crippen molar-refractivity contribution in [3.8, 4) is 0 Å². The van der Waals surface area contributed by atoms with Crippen molar-refractivity contribution < 1.29 is 9.53 Å². The maximum absolute atomic E-state index is 12.2. The van der Waals surface area contributed by atoms with Gasteiger partial charge in [-0.1, -0.05) is 19.9 Å². The van der Waals surface area contributed by atoms with Crippen molar-refractivity contribution in [2.75, 3.05) is 0 Å². The number of aliphatic imine (C=N–C) groups is 1. The molecule has 0 bridgehead atoms. The fourth-order valence-corrected chi connectivity index (χ4v) is 1.65. The Hall–Kier alpha value is -1.71. The van der Waals surface area contributed by atoms with Crippen LogP contribution in [0.25, 0.3) is 0 Å². The molecule has 20 heavy (non-hydrogen) atoms. The van der Waals surface area contributed by atoms with Crippen LogP contribution in [-0.2, 0) is 9.53 Å². The second-order valence-corrected chi connectivity index (χ2v) is 6.21. The number of carbonyl (C=O) groups is 1. The lowest BCUT2D eigenvalue weighted by molar-refractivity contribution is -0.156. The average Bonchev–Trinajstić information content (AvgIpc) is 2.33. The van der Waals surface area contributed by atoms with Gasteiger partial charge in [0.2, 0.25) is 0 Å². The number of esters is 1. The van der Waals surface area contributed by atoms with Crippen LogP contribution in [0.1, 0.15) is 46.7 Å². The monoisotopic (exact) mass is 276 g/mol. The molecule has 0 spiro atoms. The van der Waals surface area contributed by atoms with Gasteiger partial charge in [-0.05, 0) is 45.2 Å². The summed E-state index contributed by atoms with van der Waals surface area (Å²) in [4.78, 5) is 20.7. The van der Waals surface area contributed by atoms with Gasteiger partial charge in [0.15, 0.2) is 0 Å². The number of carbonyl (C=O) groups excluding carboxylic acids is 1. The number of pyridine rings is 1. The molecule has 1 aromatic rings. The summed E-state index contributed by atoms with van der Waals surface area (Å²) in [6.07, 6.45) is 4.00. The first-order valence-corrected chi connectivity index (χ1v) is 6.95. The van der Waals surface area contributed by atoms with Gasteiger partial charge in [0, 0.05) is 12.4 Å². The molecule has 0 saturated carbocycles. The van der Waals surface area contributed by atoms with Crippen LogP contribution in [0.2, 0.25) is 0 Å². The van der Waals surface area contributed by atoms with Gasteiger partial charge in [0.1, 0.15) is 11.6 Å². The van der Waals surface area contributed by atoms with Crippen LogP contribution < -0.4 is 0 Å². The zero-order valence-electron chi connectivity index (χ0n) is 13.0. The van der Waals surface area contributed by atoms with E-state index in [1.165, 1.54) is 0 Å². The topological polar surface area (TPSA) is 51.5 Å². The van der Waals surface area contributed by atoms with Crippen molar-refractivity contribution in [3.05, 3.63) is 30.1 Å². The molecule has 1 aromatic heterocycles. The summed E-state index contributed by atoms with van der Waals surface area (Å²) >= 11 is 0. The molecule has 0 radical (unpaired) electrons. The van der Waals surface area contributed by atoms with Gasteiger partial charge in [0.25, 0.3) is 0 Å². The molecule has 1 heterocycles. The van der Waals surface area contributed by atoms with E-state index in [2.05, 4.69) is 23.8 Å². The maximum atomic E-state index is 12.2. The zero-order valence-corrected chi connectivity index (χ0v) is 13.0. The lowest BCUT2D eigenvalue weighted by Gasteiger charge is -2.23. The highest BCUT2D eigenvalue weighted by atomic mass is 16.6. The molecule has 1 atom stereocenters. The smallest absolute Gasteiger partial charge is 0.331 e. The molecule has 0 aliphatic rings. The summed E-state index contributed by atoms with van der Waals surface area (Å²) in [7, 11) is 0. The zero-order chi connectivity index (χ0) is 15.2. The molecule has 0 N–H and O–H groups in total. The summed E-state index contributed by atoms with van der Waals surface area (Å²) in [6.45, 7) is 9.71. The van der Waals surface area contributed by atoms with Crippen LogP contribution in [0.15, 0.2) is 29.4 Å². The molecule has 110 valence electrons. The number of hydrogen-bond donors (Lipinski definition) is 0. The molecule has 0 aliphatic heterocycles. The van der Waals surface area contributed by atoms with E-state index in [-0.39, 0.29) is 5.97 Å². The largest absolute Gasteiger partial charge is 0.458 e. The third kappa shape index (κ3) is 6.45. The first-order valence-electron chi connectivity index (χ1n) is 6.95. The van der Waals surface area contributed by atoms with Crippen LogP contribution in [0.3, 0.4) is 0 Å². The van der Waals surface area contributed by atoms with Crippen LogP contribution in [0.5, 0.6) is 0 Å². The third-order valence-electron chi connectivity index (χ3n) is 2.45. The maximum Gasteiger partial charge on any atom is 0.331 e. The van der Waals surface area contributed by atoms with Crippen molar-refractivity contribution in [2.45, 2.75) is 52.7 Å². The van der Waals surface area contributed by atoms with Crippen LogP contribution in [0.4, 0.5) is 0 Å². The molecule has 0 amide bonds. The Morgan fingerprint density at radius 2 is 2.10 bits per heavy atom. The Bertz CT molecular complexity index is 447. The lowest BCUT2D eigenvalue weighted by atomic mass is 10.0. The van der Waals surface area contributed by atoms with E-state index in [0.29, 0.717) is 12.3 Å². The summed E-state index contributed by atoms with van der Waals surface area (Å²) in [6, 6.07) is 5.11. The van der Waals surface area contributed by atoms with E-state index >= 15 is 0 Å². The van der Waals surface area contributed by atoms with Crippen molar-refractivity contribution in [3.63, 3.8) is 0 Å². The molecule has 1 rings (SSSR count). The Balaban J connectivity index is 2.79. The molecule has 4 heteroatoms. The minimum absolute atomic E-state index is 0.279. The van der Waals surface area contributed by atoms with E-state index < -0.39 is 11.6 Å². The van der Waals surface area contributed by atoms with Crippen molar-refractivity contribution in [1.29, 1.82) is 0 Å². The molecule has 0 fully saturated rings. The Kier molecular flexibility index (Phi) is 5.86. The standard InChI is InChI=1S/C16H24N2O2/c1-12(2)10-14(15(19)20-16(3,4)5)18-11-13-8-6-7-9-17-13/h6-9,11-12,14H,10H2,1-5H3. The van der Waals surface area contributed by atoms with Crippen LogP contribution >= 0.6 is 0 Å². The second-order valence-electron chi connectivity index (χ2n) is 6.21. The van der Waals surface area contributed by atoms with Gasteiger partial charge in [-0.3, -0.25) is 9.98 Å². The minimum Gasteiger partial charge on any atom is -0.458 e. The number of ether oxygens (including phenoxy) is 1. The van der Waals surface area contributed by atoms with E-state index in [1.807, 2.05) is 39.0 Å². The fraction of sp³-hybridized carbons (Fsp3) is 0.562. The summed E-state index contributed by atoms with van der Waals surface area (Å²) < 4.78 is 5.42. The van der Waals surface area contributed by atoms with Gasteiger partial charge >= 0.3 is 5.97 Å². The lowest BCUT2D eigenvalue weighted by Crippen LogP contribution is -2.31. The number of hydrogen-bond acceptors (Lipinski definition) is 4. The van der Waals surface area contributed by atoms with Crippen molar-refractivity contribution in [1.82, 2.24) is 4.98 Å². The van der Waals surface area contributed by atoms with E-state index in [0.717, 1.165) is 5.69 Å². The van der Waals surface area contributed by atoms with Crippen LogP contribution in [-0.4, -0.2) is 28.8 Å². The Labute approximate surface area is 121 Å². The highest BCUT2D eigenvalue weighted by molar-refractivity contribution is 5.82. The molecule has 1 unspecified atom stereocenters. The Morgan fingerprint density at radius 1 is 1.40 bits per heavy atom. The summed E-state index contributed by atoms with van der Waals surface area (Å²) in [5, 5.41) is 0. The first kappa shape index (κ1) is 16.3. The minimum atomic E-state index is -0.493. The quantitative estimate of drug-likeness (QED) is 0.612. The SMILES string of the molecule is CC(C)CC(N=Cc1ccccn1)C(=O)OC(C)(C)C. The predicted octanol–water partition coefficient (Wildman–Crippen LogP) is 3.26. The Morgan fingerprint density at radius 3 is 2.60 bits per heavy atom. The van der Waals surface area contributed by atoms with E-state index in [4.69, 9.17) is 4.74 Å². The van der Waals surface area contributed by atoms with E-state index in [9.17, 15) is 4.79 Å². The van der Waals surface area contributed by atoms with Gasteiger partial charge in [-0.15, -0.1) is 0 Å². The highest BCUT2D eigenvalue weighted by Gasteiger charge is 2.25. The average molecular weight is 276 g/mol. The highest BCUT2D eigenvalue weighted by Crippen LogP contribution is 2.15. The second kappa shape index (κ2) is 7.17. The fourth-order valence-electron chi connectivity index (χ4n) is 1.65. The van der Waals surface area contributed by atoms with Gasteiger partial charge in [0.05, 0.1) is 5.69 Å². The number of rotatable bonds is 5. The van der Waals surface area contributed by atoms with Crippen molar-refractivity contribution in [2.24, 2.45) is 10.9 Å². The van der Waals surface area contributed by atoms with Crippen LogP contribution in [0, 0.1) is 5.92 Å². The van der Waals surface area contributed by atoms with Gasteiger partial charge in [-0.2, -0.15) is 0 Å². The van der Waals surface area contributed by atoms with E-state index in [1.54, 1.807) is 12.4 Å². The predicted molar refractivity (Wildman–Crippen MR) is 80.9 cm³/mol.